The molecule has 9 nitrogen and oxygen atoms in total. The van der Waals surface area contributed by atoms with Crippen molar-refractivity contribution in [3.05, 3.63) is 96.6 Å². The van der Waals surface area contributed by atoms with Gasteiger partial charge < -0.3 is 34.7 Å². The number of hydrogen-bond donors (Lipinski definition) is 4. The SMILES string of the molecule is CC(C)(C)[Si](OCCCCNC(=O)[C@H](C[C@]1(O)C[C@H]2O[C@@H]1C[C@@H]2O)NC(=O)OCc1ccccc1)(c1ccccc1)c1ccccc1. The van der Waals surface area contributed by atoms with Crippen LogP contribution in [0.5, 0.6) is 0 Å². The molecule has 0 unspecified atom stereocenters. The van der Waals surface area contributed by atoms with Crippen molar-refractivity contribution in [3.63, 3.8) is 0 Å². The lowest BCUT2D eigenvalue weighted by Gasteiger charge is -2.43. The van der Waals surface area contributed by atoms with Gasteiger partial charge in [-0.3, -0.25) is 4.79 Å². The first-order valence-corrected chi connectivity index (χ1v) is 18.5. The van der Waals surface area contributed by atoms with Crippen molar-refractivity contribution in [1.29, 1.82) is 0 Å². The second-order valence-corrected chi connectivity index (χ2v) is 18.1. The van der Waals surface area contributed by atoms with Gasteiger partial charge in [0.2, 0.25) is 5.91 Å². The van der Waals surface area contributed by atoms with Crippen LogP contribution in [0.3, 0.4) is 0 Å². The van der Waals surface area contributed by atoms with Crippen molar-refractivity contribution in [2.75, 3.05) is 13.2 Å². The molecule has 2 heterocycles. The number of benzene rings is 3. The fraction of sp³-hybridized carbons (Fsp3) is 0.459. The highest BCUT2D eigenvalue weighted by molar-refractivity contribution is 6.99. The molecule has 2 amide bonds. The Morgan fingerprint density at radius 1 is 0.957 bits per heavy atom. The third-order valence-corrected chi connectivity index (χ3v) is 14.4. The largest absolute Gasteiger partial charge is 0.445 e. The molecule has 2 saturated heterocycles. The van der Waals surface area contributed by atoms with Crippen LogP contribution in [0.15, 0.2) is 91.0 Å². The van der Waals surface area contributed by atoms with Crippen molar-refractivity contribution in [2.24, 2.45) is 0 Å². The van der Waals surface area contributed by atoms with Gasteiger partial charge >= 0.3 is 6.09 Å². The van der Waals surface area contributed by atoms with E-state index in [-0.39, 0.29) is 24.5 Å². The van der Waals surface area contributed by atoms with Gasteiger partial charge in [-0.25, -0.2) is 4.79 Å². The highest BCUT2D eigenvalue weighted by atomic mass is 28.4. The number of unbranched alkanes of at least 4 members (excludes halogenated alkanes) is 1. The molecule has 47 heavy (non-hydrogen) atoms. The Hall–Kier alpha value is -3.54. The van der Waals surface area contributed by atoms with E-state index in [9.17, 15) is 19.8 Å². The van der Waals surface area contributed by atoms with Crippen LogP contribution < -0.4 is 21.0 Å². The molecule has 2 bridgehead atoms. The average Bonchev–Trinajstić information content (AvgIpc) is 3.59. The maximum atomic E-state index is 13.4. The molecule has 0 saturated carbocycles. The van der Waals surface area contributed by atoms with Gasteiger partial charge in [0.25, 0.3) is 8.32 Å². The van der Waals surface area contributed by atoms with Gasteiger partial charge in [-0.15, -0.1) is 0 Å². The van der Waals surface area contributed by atoms with Crippen LogP contribution in [-0.2, 0) is 25.3 Å². The van der Waals surface area contributed by atoms with Gasteiger partial charge in [0, 0.05) is 32.4 Å². The second kappa shape index (κ2) is 15.1. The molecule has 2 aliphatic heterocycles. The van der Waals surface area contributed by atoms with Crippen molar-refractivity contribution >= 4 is 30.7 Å². The van der Waals surface area contributed by atoms with E-state index >= 15 is 0 Å². The molecule has 0 aliphatic carbocycles. The Bertz CT molecular complexity index is 1410. The molecule has 4 N–H and O–H groups in total. The average molecular weight is 661 g/mol. The first-order chi connectivity index (χ1) is 22.5. The summed E-state index contributed by atoms with van der Waals surface area (Å²) in [5.74, 6) is -0.411. The molecule has 2 fully saturated rings. The summed E-state index contributed by atoms with van der Waals surface area (Å²) >= 11 is 0. The first kappa shape index (κ1) is 34.8. The second-order valence-electron chi connectivity index (χ2n) is 13.7. The molecule has 3 aromatic carbocycles. The van der Waals surface area contributed by atoms with E-state index in [1.165, 1.54) is 10.4 Å². The summed E-state index contributed by atoms with van der Waals surface area (Å²) in [6.45, 7) is 7.68. The number of nitrogens with one attached hydrogen (secondary N) is 2. The molecule has 5 atom stereocenters. The van der Waals surface area contributed by atoms with Crippen LogP contribution in [0.25, 0.3) is 0 Å². The van der Waals surface area contributed by atoms with E-state index in [1.807, 2.05) is 42.5 Å². The molecule has 252 valence electrons. The minimum absolute atomic E-state index is 0.0515. The van der Waals surface area contributed by atoms with Crippen LogP contribution in [-0.4, -0.2) is 73.6 Å². The summed E-state index contributed by atoms with van der Waals surface area (Å²) in [4.78, 5) is 26.2. The number of carbonyl (C=O) groups is 2. The Morgan fingerprint density at radius 3 is 2.09 bits per heavy atom. The highest BCUT2D eigenvalue weighted by Crippen LogP contribution is 2.44. The fourth-order valence-electron chi connectivity index (χ4n) is 6.97. The lowest BCUT2D eigenvalue weighted by atomic mass is 9.79. The number of aliphatic hydroxyl groups is 2. The minimum Gasteiger partial charge on any atom is -0.445 e. The number of hydrogen-bond acceptors (Lipinski definition) is 7. The normalized spacial score (nSPS) is 22.9. The molecule has 0 spiro atoms. The Kier molecular flexibility index (Phi) is 11.2. The maximum Gasteiger partial charge on any atom is 0.408 e. The van der Waals surface area contributed by atoms with E-state index in [2.05, 4.69) is 79.9 Å². The molecule has 10 heteroatoms. The Labute approximate surface area is 278 Å². The van der Waals surface area contributed by atoms with Gasteiger partial charge in [-0.1, -0.05) is 112 Å². The molecule has 0 radical (unpaired) electrons. The summed E-state index contributed by atoms with van der Waals surface area (Å²) in [5.41, 5.74) is -0.527. The third-order valence-electron chi connectivity index (χ3n) is 9.36. The summed E-state index contributed by atoms with van der Waals surface area (Å²) in [6, 6.07) is 29.2. The fourth-order valence-corrected chi connectivity index (χ4v) is 11.6. The number of carbonyl (C=O) groups excluding carboxylic acids is 2. The zero-order chi connectivity index (χ0) is 33.5. The van der Waals surface area contributed by atoms with E-state index in [4.69, 9.17) is 13.9 Å². The molecule has 2 aliphatic rings. The summed E-state index contributed by atoms with van der Waals surface area (Å²) in [7, 11) is -2.65. The minimum atomic E-state index is -2.65. The zero-order valence-electron chi connectivity index (χ0n) is 27.6. The van der Waals surface area contributed by atoms with Gasteiger partial charge in [0.15, 0.2) is 0 Å². The van der Waals surface area contributed by atoms with Crippen LogP contribution in [0.2, 0.25) is 5.04 Å². The Balaban J connectivity index is 1.19. The monoisotopic (exact) mass is 660 g/mol. The van der Waals surface area contributed by atoms with Gasteiger partial charge in [0.1, 0.15) is 12.6 Å². The van der Waals surface area contributed by atoms with Crippen LogP contribution in [0, 0.1) is 0 Å². The molecular weight excluding hydrogens is 613 g/mol. The number of alkyl carbamates (subject to hydrolysis) is 1. The first-order valence-electron chi connectivity index (χ1n) is 16.6. The lowest BCUT2D eigenvalue weighted by Crippen LogP contribution is -2.66. The maximum absolute atomic E-state index is 13.4. The highest BCUT2D eigenvalue weighted by Gasteiger charge is 2.56. The number of fused-ring (bicyclic) bond motifs is 2. The summed E-state index contributed by atoms with van der Waals surface area (Å²) < 4.78 is 18.1. The van der Waals surface area contributed by atoms with E-state index in [0.717, 1.165) is 12.0 Å². The van der Waals surface area contributed by atoms with Gasteiger partial charge in [-0.2, -0.15) is 0 Å². The van der Waals surface area contributed by atoms with Crippen LogP contribution >= 0.6 is 0 Å². The standard InChI is InChI=1S/C37H48N2O7Si/c1-36(2,3)47(28-17-9-5-10-18-28,29-19-11-6-12-20-29)45-22-14-13-21-38-34(41)30(24-37(43)25-32-31(40)23-33(37)46-32)39-35(42)44-26-27-15-7-4-8-16-27/h4-12,15-20,30-33,40,43H,13-14,21-26H2,1-3H3,(H,38,41)(H,39,42)/t30-,31-,32+,33+,37-/m0/s1. The topological polar surface area (TPSA) is 126 Å². The van der Waals surface area contributed by atoms with E-state index in [1.54, 1.807) is 0 Å². The van der Waals surface area contributed by atoms with Gasteiger partial charge in [0.05, 0.1) is 23.9 Å². The molecule has 0 aromatic heterocycles. The lowest BCUT2D eigenvalue weighted by molar-refractivity contribution is -0.126. The van der Waals surface area contributed by atoms with Crippen molar-refractivity contribution in [3.8, 4) is 0 Å². The molecular formula is C37H48N2O7Si. The predicted molar refractivity (Wildman–Crippen MR) is 183 cm³/mol. The van der Waals surface area contributed by atoms with E-state index in [0.29, 0.717) is 26.0 Å². The third kappa shape index (κ3) is 8.13. The smallest absolute Gasteiger partial charge is 0.408 e. The van der Waals surface area contributed by atoms with E-state index < -0.39 is 50.3 Å². The molecule has 3 aromatic rings. The van der Waals surface area contributed by atoms with Gasteiger partial charge in [-0.05, 0) is 33.8 Å². The van der Waals surface area contributed by atoms with Crippen molar-refractivity contribution in [1.82, 2.24) is 10.6 Å². The van der Waals surface area contributed by atoms with Crippen molar-refractivity contribution in [2.45, 2.75) is 94.5 Å². The zero-order valence-corrected chi connectivity index (χ0v) is 28.6. The summed E-state index contributed by atoms with van der Waals surface area (Å²) in [5, 5.41) is 29.4. The number of amides is 2. The van der Waals surface area contributed by atoms with Crippen molar-refractivity contribution < 1.29 is 33.7 Å². The quantitative estimate of drug-likeness (QED) is 0.153. The summed E-state index contributed by atoms with van der Waals surface area (Å²) in [6.07, 6.45) is -0.636. The number of rotatable bonds is 14. The van der Waals surface area contributed by atoms with Crippen LogP contribution in [0.1, 0.15) is 58.4 Å². The van der Waals surface area contributed by atoms with Crippen LogP contribution in [0.4, 0.5) is 4.79 Å². The number of ether oxygens (including phenoxy) is 2. The Morgan fingerprint density at radius 2 is 1.55 bits per heavy atom. The number of aliphatic hydroxyl groups excluding tert-OH is 1. The molecule has 5 rings (SSSR count). The predicted octanol–water partition coefficient (Wildman–Crippen LogP) is 3.80.